The van der Waals surface area contributed by atoms with Gasteiger partial charge in [0.15, 0.2) is 0 Å². The Bertz CT molecular complexity index is 491. The Hall–Kier alpha value is -1.82. The summed E-state index contributed by atoms with van der Waals surface area (Å²) < 4.78 is 1.85. The molecule has 2 aromatic rings. The Kier molecular flexibility index (Phi) is 2.19. The fourth-order valence-electron chi connectivity index (χ4n) is 1.57. The molecular weight excluding hydrogens is 174 g/mol. The monoisotopic (exact) mass is 185 g/mol. The first-order valence-electron chi connectivity index (χ1n) is 4.59. The van der Waals surface area contributed by atoms with Crippen molar-refractivity contribution in [2.24, 2.45) is 7.05 Å². The predicted molar refractivity (Wildman–Crippen MR) is 54.6 cm³/mol. The number of aryl methyl sites for hydroxylation is 2. The Morgan fingerprint density at radius 3 is 3.14 bits per heavy atom. The SMILES string of the molecule is Cn1ncc2cc(CCC#N)ccc21. The molecule has 1 aromatic heterocycles. The lowest BCUT2D eigenvalue weighted by molar-refractivity contribution is 0.797. The minimum atomic E-state index is 0.575. The standard InChI is InChI=1S/C11H11N3/c1-14-11-5-4-9(3-2-6-12)7-10(11)8-13-14/h4-5,7-8H,2-3H2,1H3. The minimum absolute atomic E-state index is 0.575. The van der Waals surface area contributed by atoms with Gasteiger partial charge in [-0.2, -0.15) is 10.4 Å². The minimum Gasteiger partial charge on any atom is -0.268 e. The summed E-state index contributed by atoms with van der Waals surface area (Å²) in [7, 11) is 1.93. The highest BCUT2D eigenvalue weighted by molar-refractivity contribution is 5.79. The van der Waals surface area contributed by atoms with E-state index in [0.29, 0.717) is 6.42 Å². The van der Waals surface area contributed by atoms with Crippen molar-refractivity contribution in [2.45, 2.75) is 12.8 Å². The van der Waals surface area contributed by atoms with Gasteiger partial charge in [0.05, 0.1) is 17.8 Å². The second-order valence-electron chi connectivity index (χ2n) is 3.32. The first-order chi connectivity index (χ1) is 6.81. The number of aromatic nitrogens is 2. The van der Waals surface area contributed by atoms with Gasteiger partial charge in [-0.25, -0.2) is 0 Å². The van der Waals surface area contributed by atoms with Crippen molar-refractivity contribution in [1.29, 1.82) is 5.26 Å². The van der Waals surface area contributed by atoms with Gasteiger partial charge in [0.1, 0.15) is 0 Å². The maximum absolute atomic E-state index is 8.48. The smallest absolute Gasteiger partial charge is 0.0679 e. The molecule has 0 aliphatic rings. The molecule has 0 saturated carbocycles. The van der Waals surface area contributed by atoms with Crippen LogP contribution in [-0.4, -0.2) is 9.78 Å². The van der Waals surface area contributed by atoms with Crippen LogP contribution in [0.25, 0.3) is 10.9 Å². The quantitative estimate of drug-likeness (QED) is 0.718. The van der Waals surface area contributed by atoms with Gasteiger partial charge in [0.25, 0.3) is 0 Å². The number of nitriles is 1. The molecule has 0 N–H and O–H groups in total. The molecule has 14 heavy (non-hydrogen) atoms. The van der Waals surface area contributed by atoms with E-state index >= 15 is 0 Å². The van der Waals surface area contributed by atoms with Crippen molar-refractivity contribution in [3.63, 3.8) is 0 Å². The summed E-state index contributed by atoms with van der Waals surface area (Å²) in [5, 5.41) is 13.8. The summed E-state index contributed by atoms with van der Waals surface area (Å²) in [6.07, 6.45) is 3.25. The second-order valence-corrected chi connectivity index (χ2v) is 3.32. The topological polar surface area (TPSA) is 41.6 Å². The summed E-state index contributed by atoms with van der Waals surface area (Å²) in [4.78, 5) is 0. The number of benzene rings is 1. The van der Waals surface area contributed by atoms with Crippen molar-refractivity contribution in [2.75, 3.05) is 0 Å². The fraction of sp³-hybridized carbons (Fsp3) is 0.273. The van der Waals surface area contributed by atoms with Gasteiger partial charge in [-0.1, -0.05) is 6.07 Å². The highest BCUT2D eigenvalue weighted by Crippen LogP contribution is 2.15. The van der Waals surface area contributed by atoms with Gasteiger partial charge >= 0.3 is 0 Å². The van der Waals surface area contributed by atoms with Crippen LogP contribution in [0.4, 0.5) is 0 Å². The number of hydrogen-bond donors (Lipinski definition) is 0. The van der Waals surface area contributed by atoms with E-state index in [9.17, 15) is 0 Å². The molecule has 0 fully saturated rings. The van der Waals surface area contributed by atoms with E-state index in [2.05, 4.69) is 29.4 Å². The van der Waals surface area contributed by atoms with Crippen LogP contribution >= 0.6 is 0 Å². The molecule has 0 amide bonds. The van der Waals surface area contributed by atoms with Gasteiger partial charge in [0.2, 0.25) is 0 Å². The van der Waals surface area contributed by atoms with Gasteiger partial charge < -0.3 is 0 Å². The number of fused-ring (bicyclic) bond motifs is 1. The molecule has 0 unspecified atom stereocenters. The van der Waals surface area contributed by atoms with E-state index in [1.54, 1.807) is 0 Å². The molecule has 0 saturated heterocycles. The number of nitrogens with zero attached hydrogens (tertiary/aromatic N) is 3. The summed E-state index contributed by atoms with van der Waals surface area (Å²) in [5.74, 6) is 0. The zero-order valence-electron chi connectivity index (χ0n) is 8.07. The van der Waals surface area contributed by atoms with Crippen molar-refractivity contribution in [1.82, 2.24) is 9.78 Å². The molecule has 0 atom stereocenters. The third kappa shape index (κ3) is 1.47. The summed E-state index contributed by atoms with van der Waals surface area (Å²) in [5.41, 5.74) is 2.33. The van der Waals surface area contributed by atoms with Crippen molar-refractivity contribution in [3.8, 4) is 6.07 Å². The third-order valence-corrected chi connectivity index (χ3v) is 2.34. The van der Waals surface area contributed by atoms with Gasteiger partial charge in [0, 0.05) is 18.9 Å². The molecule has 1 heterocycles. The Labute approximate surface area is 82.6 Å². The lowest BCUT2D eigenvalue weighted by atomic mass is 10.1. The largest absolute Gasteiger partial charge is 0.268 e. The Morgan fingerprint density at radius 1 is 1.50 bits per heavy atom. The molecule has 3 nitrogen and oxygen atoms in total. The van der Waals surface area contributed by atoms with Crippen LogP contribution in [0.15, 0.2) is 24.4 Å². The van der Waals surface area contributed by atoms with Crippen LogP contribution in [0.1, 0.15) is 12.0 Å². The predicted octanol–water partition coefficient (Wildman–Crippen LogP) is 2.03. The van der Waals surface area contributed by atoms with E-state index in [0.717, 1.165) is 17.3 Å². The van der Waals surface area contributed by atoms with Crippen LogP contribution < -0.4 is 0 Å². The highest BCUT2D eigenvalue weighted by atomic mass is 15.2. The molecule has 0 spiro atoms. The van der Waals surface area contributed by atoms with E-state index < -0.39 is 0 Å². The van der Waals surface area contributed by atoms with E-state index in [4.69, 9.17) is 5.26 Å². The van der Waals surface area contributed by atoms with Gasteiger partial charge in [-0.3, -0.25) is 4.68 Å². The first-order valence-corrected chi connectivity index (χ1v) is 4.59. The van der Waals surface area contributed by atoms with Crippen LogP contribution in [-0.2, 0) is 13.5 Å². The molecule has 2 rings (SSSR count). The molecule has 3 heteroatoms. The normalized spacial score (nSPS) is 10.3. The third-order valence-electron chi connectivity index (χ3n) is 2.34. The number of rotatable bonds is 2. The van der Waals surface area contributed by atoms with Crippen molar-refractivity contribution in [3.05, 3.63) is 30.0 Å². The van der Waals surface area contributed by atoms with Crippen LogP contribution in [0.5, 0.6) is 0 Å². The average molecular weight is 185 g/mol. The summed E-state index contributed by atoms with van der Waals surface area (Å²) in [6, 6.07) is 8.35. The molecular formula is C11H11N3. The molecule has 0 aliphatic heterocycles. The maximum Gasteiger partial charge on any atom is 0.0679 e. The van der Waals surface area contributed by atoms with E-state index in [-0.39, 0.29) is 0 Å². The van der Waals surface area contributed by atoms with E-state index in [1.165, 1.54) is 5.56 Å². The summed E-state index contributed by atoms with van der Waals surface area (Å²) in [6.45, 7) is 0. The molecule has 1 aromatic carbocycles. The molecule has 0 radical (unpaired) electrons. The average Bonchev–Trinajstić information content (AvgIpc) is 2.57. The summed E-state index contributed by atoms with van der Waals surface area (Å²) >= 11 is 0. The fourth-order valence-corrected chi connectivity index (χ4v) is 1.57. The molecule has 70 valence electrons. The Balaban J connectivity index is 2.38. The second kappa shape index (κ2) is 3.51. The highest BCUT2D eigenvalue weighted by Gasteiger charge is 2.00. The van der Waals surface area contributed by atoms with Crippen molar-refractivity contribution < 1.29 is 0 Å². The molecule has 0 aliphatic carbocycles. The van der Waals surface area contributed by atoms with Crippen LogP contribution in [0, 0.1) is 11.3 Å². The number of hydrogen-bond acceptors (Lipinski definition) is 2. The van der Waals surface area contributed by atoms with Gasteiger partial charge in [-0.05, 0) is 24.1 Å². The zero-order valence-corrected chi connectivity index (χ0v) is 8.07. The maximum atomic E-state index is 8.48. The zero-order chi connectivity index (χ0) is 9.97. The lowest BCUT2D eigenvalue weighted by Crippen LogP contribution is -1.89. The first kappa shape index (κ1) is 8.76. The Morgan fingerprint density at radius 2 is 2.36 bits per heavy atom. The lowest BCUT2D eigenvalue weighted by Gasteiger charge is -1.98. The van der Waals surface area contributed by atoms with Crippen LogP contribution in [0.2, 0.25) is 0 Å². The molecule has 0 bridgehead atoms. The van der Waals surface area contributed by atoms with E-state index in [1.807, 2.05) is 17.9 Å². The van der Waals surface area contributed by atoms with Crippen LogP contribution in [0.3, 0.4) is 0 Å². The van der Waals surface area contributed by atoms with Crippen molar-refractivity contribution >= 4 is 10.9 Å². The van der Waals surface area contributed by atoms with Gasteiger partial charge in [-0.15, -0.1) is 0 Å².